The molecule has 7 nitrogen and oxygen atoms in total. The molecule has 1 aromatic carbocycles. The summed E-state index contributed by atoms with van der Waals surface area (Å²) in [6.07, 6.45) is 1.30. The third-order valence-electron chi connectivity index (χ3n) is 3.29. The number of hydrogen-bond acceptors (Lipinski definition) is 6. The van der Waals surface area contributed by atoms with E-state index in [-0.39, 0.29) is 21.9 Å². The lowest BCUT2D eigenvalue weighted by molar-refractivity contribution is 0.123. The lowest BCUT2D eigenvalue weighted by Gasteiger charge is -2.21. The zero-order valence-corrected chi connectivity index (χ0v) is 16.6. The van der Waals surface area contributed by atoms with Gasteiger partial charge < -0.3 is 9.47 Å². The Bertz CT molecular complexity index is 897. The summed E-state index contributed by atoms with van der Waals surface area (Å²) in [5.41, 5.74) is -0.0798. The van der Waals surface area contributed by atoms with Crippen LogP contribution in [0.5, 0.6) is 17.5 Å². The SMILES string of the molecule is CC(C)(C)Oc1cc(Oc2cc(C(C)(C)C)cc(S(=O)(=O)O)c2)ncn1. The summed E-state index contributed by atoms with van der Waals surface area (Å²) in [7, 11) is -4.37. The molecule has 0 unspecified atom stereocenters. The van der Waals surface area contributed by atoms with Crippen LogP contribution in [0.3, 0.4) is 0 Å². The van der Waals surface area contributed by atoms with Crippen LogP contribution in [0.1, 0.15) is 47.1 Å². The maximum absolute atomic E-state index is 11.6. The van der Waals surface area contributed by atoms with Gasteiger partial charge in [0.25, 0.3) is 10.1 Å². The van der Waals surface area contributed by atoms with Crippen LogP contribution in [0.15, 0.2) is 35.5 Å². The third-order valence-corrected chi connectivity index (χ3v) is 4.13. The predicted molar refractivity (Wildman–Crippen MR) is 97.4 cm³/mol. The minimum Gasteiger partial charge on any atom is -0.472 e. The van der Waals surface area contributed by atoms with E-state index in [4.69, 9.17) is 9.47 Å². The van der Waals surface area contributed by atoms with Crippen molar-refractivity contribution in [3.05, 3.63) is 36.2 Å². The highest BCUT2D eigenvalue weighted by Gasteiger charge is 2.21. The lowest BCUT2D eigenvalue weighted by atomic mass is 9.87. The molecule has 0 atom stereocenters. The Balaban J connectivity index is 2.42. The Morgan fingerprint density at radius 2 is 1.54 bits per heavy atom. The number of hydrogen-bond donors (Lipinski definition) is 1. The smallest absolute Gasteiger partial charge is 0.294 e. The summed E-state index contributed by atoms with van der Waals surface area (Å²) in [6.45, 7) is 11.5. The Morgan fingerprint density at radius 3 is 2.08 bits per heavy atom. The fourth-order valence-corrected chi connectivity index (χ4v) is 2.62. The van der Waals surface area contributed by atoms with E-state index in [1.165, 1.54) is 24.5 Å². The minimum absolute atomic E-state index is 0.201. The molecule has 26 heavy (non-hydrogen) atoms. The number of nitrogens with zero attached hydrogens (tertiary/aromatic N) is 2. The second-order valence-electron chi connectivity index (χ2n) is 7.93. The molecule has 0 saturated carbocycles. The zero-order valence-electron chi connectivity index (χ0n) is 15.8. The maximum Gasteiger partial charge on any atom is 0.294 e. The van der Waals surface area contributed by atoms with Crippen molar-refractivity contribution in [1.29, 1.82) is 0 Å². The fourth-order valence-electron chi connectivity index (χ4n) is 2.08. The summed E-state index contributed by atoms with van der Waals surface area (Å²) in [5.74, 6) is 0.779. The van der Waals surface area contributed by atoms with Gasteiger partial charge in [0, 0.05) is 6.07 Å². The molecule has 0 amide bonds. The van der Waals surface area contributed by atoms with E-state index in [9.17, 15) is 13.0 Å². The van der Waals surface area contributed by atoms with Crippen molar-refractivity contribution in [2.75, 3.05) is 0 Å². The van der Waals surface area contributed by atoms with Gasteiger partial charge in [0.15, 0.2) is 0 Å². The van der Waals surface area contributed by atoms with Gasteiger partial charge in [-0.2, -0.15) is 8.42 Å². The second-order valence-corrected chi connectivity index (χ2v) is 9.35. The first-order chi connectivity index (χ1) is 11.7. The second kappa shape index (κ2) is 6.85. The topological polar surface area (TPSA) is 98.6 Å². The van der Waals surface area contributed by atoms with E-state index in [1.54, 1.807) is 6.07 Å². The van der Waals surface area contributed by atoms with E-state index in [0.717, 1.165) is 0 Å². The highest BCUT2D eigenvalue weighted by Crippen LogP contribution is 2.32. The fraction of sp³-hybridized carbons (Fsp3) is 0.444. The van der Waals surface area contributed by atoms with Crippen LogP contribution in [-0.4, -0.2) is 28.5 Å². The lowest BCUT2D eigenvalue weighted by Crippen LogP contribution is -2.23. The van der Waals surface area contributed by atoms with Crippen LogP contribution in [-0.2, 0) is 15.5 Å². The van der Waals surface area contributed by atoms with E-state index in [2.05, 4.69) is 9.97 Å². The van der Waals surface area contributed by atoms with Crippen LogP contribution in [0.2, 0.25) is 0 Å². The van der Waals surface area contributed by atoms with Gasteiger partial charge >= 0.3 is 0 Å². The number of aromatic nitrogens is 2. The Hall–Kier alpha value is -2.19. The van der Waals surface area contributed by atoms with Crippen molar-refractivity contribution < 1.29 is 22.4 Å². The maximum atomic E-state index is 11.6. The molecule has 0 radical (unpaired) electrons. The summed E-state index contributed by atoms with van der Waals surface area (Å²) < 4.78 is 43.9. The molecule has 0 aliphatic carbocycles. The van der Waals surface area contributed by atoms with Crippen molar-refractivity contribution in [2.24, 2.45) is 0 Å². The molecule has 0 aliphatic heterocycles. The van der Waals surface area contributed by atoms with Gasteiger partial charge in [-0.3, -0.25) is 4.55 Å². The number of ether oxygens (including phenoxy) is 2. The molecular formula is C18H24N2O5S. The molecule has 2 aromatic rings. The van der Waals surface area contributed by atoms with Gasteiger partial charge in [-0.15, -0.1) is 0 Å². The van der Waals surface area contributed by atoms with Crippen molar-refractivity contribution in [1.82, 2.24) is 9.97 Å². The largest absolute Gasteiger partial charge is 0.472 e. The van der Waals surface area contributed by atoms with Crippen molar-refractivity contribution in [3.63, 3.8) is 0 Å². The molecule has 1 heterocycles. The number of benzene rings is 1. The van der Waals surface area contributed by atoms with Crippen molar-refractivity contribution in [3.8, 4) is 17.5 Å². The molecule has 0 fully saturated rings. The van der Waals surface area contributed by atoms with Crippen LogP contribution in [0.4, 0.5) is 0 Å². The summed E-state index contributed by atoms with van der Waals surface area (Å²) in [6, 6.07) is 5.90. The van der Waals surface area contributed by atoms with E-state index < -0.39 is 15.7 Å². The molecule has 142 valence electrons. The highest BCUT2D eigenvalue weighted by atomic mass is 32.2. The average molecular weight is 380 g/mol. The molecule has 1 N–H and O–H groups in total. The normalized spacial score (nSPS) is 12.7. The highest BCUT2D eigenvalue weighted by molar-refractivity contribution is 7.85. The Morgan fingerprint density at radius 1 is 0.923 bits per heavy atom. The molecule has 8 heteroatoms. The first-order valence-corrected chi connectivity index (χ1v) is 9.50. The number of rotatable bonds is 4. The molecule has 0 saturated heterocycles. The summed E-state index contributed by atoms with van der Waals surface area (Å²) in [5, 5.41) is 0. The van der Waals surface area contributed by atoms with Crippen LogP contribution >= 0.6 is 0 Å². The van der Waals surface area contributed by atoms with Gasteiger partial charge in [-0.1, -0.05) is 20.8 Å². The molecule has 0 aliphatic rings. The first-order valence-electron chi connectivity index (χ1n) is 8.06. The van der Waals surface area contributed by atoms with Gasteiger partial charge in [-0.25, -0.2) is 9.97 Å². The molecular weight excluding hydrogens is 356 g/mol. The van der Waals surface area contributed by atoms with E-state index in [0.29, 0.717) is 11.4 Å². The van der Waals surface area contributed by atoms with E-state index in [1.807, 2.05) is 41.5 Å². The van der Waals surface area contributed by atoms with Crippen molar-refractivity contribution in [2.45, 2.75) is 57.5 Å². The van der Waals surface area contributed by atoms with Crippen molar-refractivity contribution >= 4 is 10.1 Å². The first kappa shape index (κ1) is 20.1. The van der Waals surface area contributed by atoms with Gasteiger partial charge in [-0.05, 0) is 43.9 Å². The Labute approximate surface area is 154 Å². The molecule has 0 spiro atoms. The van der Waals surface area contributed by atoms with Crippen LogP contribution < -0.4 is 9.47 Å². The monoisotopic (exact) mass is 380 g/mol. The standard InChI is InChI=1S/C18H24N2O5S/c1-17(2,3)12-7-13(9-14(8-12)26(21,22)23)24-15-10-16(20-11-19-15)25-18(4,5)6/h7-11H,1-6H3,(H,21,22,23). The Kier molecular flexibility index (Phi) is 5.30. The van der Waals surface area contributed by atoms with Gasteiger partial charge in [0.1, 0.15) is 17.7 Å². The molecule has 1 aromatic heterocycles. The quantitative estimate of drug-likeness (QED) is 0.801. The average Bonchev–Trinajstić information content (AvgIpc) is 2.43. The minimum atomic E-state index is -4.37. The van der Waals surface area contributed by atoms with Gasteiger partial charge in [0.05, 0.1) is 11.0 Å². The molecule has 2 rings (SSSR count). The van der Waals surface area contributed by atoms with E-state index >= 15 is 0 Å². The van der Waals surface area contributed by atoms with Crippen LogP contribution in [0, 0.1) is 0 Å². The summed E-state index contributed by atoms with van der Waals surface area (Å²) in [4.78, 5) is 7.82. The van der Waals surface area contributed by atoms with Gasteiger partial charge in [0.2, 0.25) is 11.8 Å². The predicted octanol–water partition coefficient (Wildman–Crippen LogP) is 3.99. The summed E-state index contributed by atoms with van der Waals surface area (Å²) >= 11 is 0. The molecule has 0 bridgehead atoms. The van der Waals surface area contributed by atoms with Crippen LogP contribution in [0.25, 0.3) is 0 Å². The zero-order chi connectivity index (χ0) is 19.8. The third kappa shape index (κ3) is 5.67.